The molecule has 1 heterocycles. The lowest BCUT2D eigenvalue weighted by Gasteiger charge is -2.15. The first-order valence-electron chi connectivity index (χ1n) is 6.11. The van der Waals surface area contributed by atoms with Crippen LogP contribution in [0.1, 0.15) is 18.7 Å². The van der Waals surface area contributed by atoms with Crippen LogP contribution in [-0.2, 0) is 0 Å². The summed E-state index contributed by atoms with van der Waals surface area (Å²) in [6.07, 6.45) is 1.69. The highest BCUT2D eigenvalue weighted by molar-refractivity contribution is 5.64. The zero-order valence-electron chi connectivity index (χ0n) is 11.2. The summed E-state index contributed by atoms with van der Waals surface area (Å²) in [5.41, 5.74) is 1.23. The van der Waals surface area contributed by atoms with Gasteiger partial charge in [-0.2, -0.15) is 0 Å². The SMILES string of the molecule is COc1ccc(NC(C)c2ccccn2)c([N+](=O)[O-])c1. The van der Waals surface area contributed by atoms with E-state index in [0.29, 0.717) is 11.4 Å². The van der Waals surface area contributed by atoms with Gasteiger partial charge in [-0.15, -0.1) is 0 Å². The van der Waals surface area contributed by atoms with Crippen molar-refractivity contribution >= 4 is 11.4 Å². The van der Waals surface area contributed by atoms with Gasteiger partial charge in [0.1, 0.15) is 11.4 Å². The van der Waals surface area contributed by atoms with Crippen molar-refractivity contribution in [3.63, 3.8) is 0 Å². The second kappa shape index (κ2) is 6.01. The van der Waals surface area contributed by atoms with Crippen molar-refractivity contribution in [2.75, 3.05) is 12.4 Å². The van der Waals surface area contributed by atoms with Crippen LogP contribution in [0.25, 0.3) is 0 Å². The van der Waals surface area contributed by atoms with Gasteiger partial charge < -0.3 is 10.1 Å². The minimum absolute atomic E-state index is 0.0212. The van der Waals surface area contributed by atoms with Gasteiger partial charge >= 0.3 is 0 Å². The van der Waals surface area contributed by atoms with Crippen LogP contribution in [0, 0.1) is 10.1 Å². The lowest BCUT2D eigenvalue weighted by Crippen LogP contribution is -2.09. The molecule has 0 aliphatic heterocycles. The first-order chi connectivity index (χ1) is 9.61. The fourth-order valence-corrected chi connectivity index (χ4v) is 1.85. The second-order valence-electron chi connectivity index (χ2n) is 4.26. The first-order valence-corrected chi connectivity index (χ1v) is 6.11. The number of ether oxygens (including phenoxy) is 1. The summed E-state index contributed by atoms with van der Waals surface area (Å²) in [6.45, 7) is 1.90. The molecular weight excluding hydrogens is 258 g/mol. The number of nitro groups is 1. The molecule has 104 valence electrons. The maximum atomic E-state index is 11.1. The Balaban J connectivity index is 2.27. The summed E-state index contributed by atoms with van der Waals surface area (Å²) in [7, 11) is 1.47. The average molecular weight is 273 g/mol. The highest BCUT2D eigenvalue weighted by atomic mass is 16.6. The van der Waals surface area contributed by atoms with Crippen molar-refractivity contribution in [1.29, 1.82) is 0 Å². The van der Waals surface area contributed by atoms with E-state index in [9.17, 15) is 10.1 Å². The third-order valence-electron chi connectivity index (χ3n) is 2.91. The number of benzene rings is 1. The number of anilines is 1. The Morgan fingerprint density at radius 3 is 2.75 bits per heavy atom. The van der Waals surface area contributed by atoms with E-state index in [1.807, 2.05) is 25.1 Å². The Morgan fingerprint density at radius 1 is 1.35 bits per heavy atom. The Labute approximate surface area is 116 Å². The number of aromatic nitrogens is 1. The number of pyridine rings is 1. The highest BCUT2D eigenvalue weighted by Gasteiger charge is 2.17. The molecular formula is C14H15N3O3. The maximum Gasteiger partial charge on any atom is 0.296 e. The van der Waals surface area contributed by atoms with E-state index in [-0.39, 0.29) is 11.7 Å². The fraction of sp³-hybridized carbons (Fsp3) is 0.214. The largest absolute Gasteiger partial charge is 0.496 e. The number of hydrogen-bond acceptors (Lipinski definition) is 5. The quantitative estimate of drug-likeness (QED) is 0.668. The summed E-state index contributed by atoms with van der Waals surface area (Å²) in [6, 6.07) is 10.1. The van der Waals surface area contributed by atoms with Gasteiger partial charge in [0.15, 0.2) is 0 Å². The molecule has 1 N–H and O–H groups in total. The summed E-state index contributed by atoms with van der Waals surface area (Å²) in [5.74, 6) is 0.452. The molecule has 20 heavy (non-hydrogen) atoms. The zero-order valence-corrected chi connectivity index (χ0v) is 11.2. The van der Waals surface area contributed by atoms with Gasteiger partial charge in [-0.1, -0.05) is 6.07 Å². The van der Waals surface area contributed by atoms with Crippen LogP contribution in [0.15, 0.2) is 42.6 Å². The summed E-state index contributed by atoms with van der Waals surface area (Å²) in [4.78, 5) is 14.9. The van der Waals surface area contributed by atoms with Crippen molar-refractivity contribution in [3.05, 3.63) is 58.4 Å². The van der Waals surface area contributed by atoms with Crippen molar-refractivity contribution in [3.8, 4) is 5.75 Å². The molecule has 0 spiro atoms. The van der Waals surface area contributed by atoms with Crippen LogP contribution in [0.4, 0.5) is 11.4 Å². The molecule has 0 fully saturated rings. The fourth-order valence-electron chi connectivity index (χ4n) is 1.85. The summed E-state index contributed by atoms with van der Waals surface area (Å²) in [5, 5.41) is 14.2. The molecule has 2 aromatic rings. The molecule has 1 atom stereocenters. The molecule has 2 rings (SSSR count). The Kier molecular flexibility index (Phi) is 4.14. The second-order valence-corrected chi connectivity index (χ2v) is 4.26. The number of rotatable bonds is 5. The minimum Gasteiger partial charge on any atom is -0.496 e. The van der Waals surface area contributed by atoms with Crippen LogP contribution in [0.2, 0.25) is 0 Å². The molecule has 6 heteroatoms. The van der Waals surface area contributed by atoms with E-state index in [4.69, 9.17) is 4.74 Å². The number of hydrogen-bond donors (Lipinski definition) is 1. The normalized spacial score (nSPS) is 11.7. The highest BCUT2D eigenvalue weighted by Crippen LogP contribution is 2.31. The first kappa shape index (κ1) is 13.8. The van der Waals surface area contributed by atoms with E-state index >= 15 is 0 Å². The zero-order chi connectivity index (χ0) is 14.5. The van der Waals surface area contributed by atoms with Crippen LogP contribution in [-0.4, -0.2) is 17.0 Å². The molecule has 0 radical (unpaired) electrons. The Hall–Kier alpha value is -2.63. The van der Waals surface area contributed by atoms with Crippen molar-refractivity contribution in [2.24, 2.45) is 0 Å². The van der Waals surface area contributed by atoms with Crippen LogP contribution in [0.3, 0.4) is 0 Å². The maximum absolute atomic E-state index is 11.1. The van der Waals surface area contributed by atoms with Crippen LogP contribution < -0.4 is 10.1 Å². The number of nitrogens with zero attached hydrogens (tertiary/aromatic N) is 2. The van der Waals surface area contributed by atoms with Gasteiger partial charge in [-0.25, -0.2) is 0 Å². The van der Waals surface area contributed by atoms with Crippen molar-refractivity contribution < 1.29 is 9.66 Å². The Bertz CT molecular complexity index is 602. The molecule has 0 aliphatic rings. The monoisotopic (exact) mass is 273 g/mol. The summed E-state index contributed by atoms with van der Waals surface area (Å²) < 4.78 is 5.01. The molecule has 1 unspecified atom stereocenters. The molecule has 0 saturated heterocycles. The van der Waals surface area contributed by atoms with Gasteiger partial charge in [0.05, 0.1) is 29.8 Å². The molecule has 1 aromatic carbocycles. The predicted octanol–water partition coefficient (Wildman–Crippen LogP) is 3.17. The van der Waals surface area contributed by atoms with Gasteiger partial charge in [-0.3, -0.25) is 15.1 Å². The van der Waals surface area contributed by atoms with E-state index in [0.717, 1.165) is 5.69 Å². The standard InChI is InChI=1S/C14H15N3O3/c1-10(12-5-3-4-8-15-12)16-13-7-6-11(20-2)9-14(13)17(18)19/h3-10,16H,1-2H3. The molecule has 0 saturated carbocycles. The Morgan fingerprint density at radius 2 is 2.15 bits per heavy atom. The molecule has 0 aliphatic carbocycles. The van der Waals surface area contributed by atoms with Gasteiger partial charge in [0.2, 0.25) is 0 Å². The number of methoxy groups -OCH3 is 1. The third kappa shape index (κ3) is 3.03. The lowest BCUT2D eigenvalue weighted by molar-refractivity contribution is -0.384. The third-order valence-corrected chi connectivity index (χ3v) is 2.91. The topological polar surface area (TPSA) is 77.3 Å². The molecule has 1 aromatic heterocycles. The minimum atomic E-state index is -0.435. The van der Waals surface area contributed by atoms with Gasteiger partial charge in [-0.05, 0) is 31.2 Å². The van der Waals surface area contributed by atoms with E-state index < -0.39 is 4.92 Å². The van der Waals surface area contributed by atoms with Crippen LogP contribution in [0.5, 0.6) is 5.75 Å². The van der Waals surface area contributed by atoms with E-state index in [2.05, 4.69) is 10.3 Å². The number of nitro benzene ring substituents is 1. The van der Waals surface area contributed by atoms with Crippen molar-refractivity contribution in [1.82, 2.24) is 4.98 Å². The average Bonchev–Trinajstić information content (AvgIpc) is 2.48. The lowest BCUT2D eigenvalue weighted by atomic mass is 10.2. The van der Waals surface area contributed by atoms with E-state index in [1.165, 1.54) is 13.2 Å². The van der Waals surface area contributed by atoms with Gasteiger partial charge in [0.25, 0.3) is 5.69 Å². The summed E-state index contributed by atoms with van der Waals surface area (Å²) >= 11 is 0. The molecule has 0 amide bonds. The van der Waals surface area contributed by atoms with Gasteiger partial charge in [0, 0.05) is 6.20 Å². The molecule has 0 bridgehead atoms. The number of nitrogens with one attached hydrogen (secondary N) is 1. The van der Waals surface area contributed by atoms with Crippen molar-refractivity contribution in [2.45, 2.75) is 13.0 Å². The molecule has 6 nitrogen and oxygen atoms in total. The van der Waals surface area contributed by atoms with E-state index in [1.54, 1.807) is 18.3 Å². The smallest absolute Gasteiger partial charge is 0.296 e. The predicted molar refractivity (Wildman–Crippen MR) is 75.9 cm³/mol. The van der Waals surface area contributed by atoms with Crippen LogP contribution >= 0.6 is 0 Å².